The predicted octanol–water partition coefficient (Wildman–Crippen LogP) is 1.91. The average molecular weight is 1290 g/mol. The Balaban J connectivity index is 0.000000256. The van der Waals surface area contributed by atoms with Crippen molar-refractivity contribution in [3.05, 3.63) is 46.5 Å². The maximum Gasteiger partial charge on any atom is 0.229 e. The molecule has 2 aliphatic carbocycles. The van der Waals surface area contributed by atoms with Crippen molar-refractivity contribution < 1.29 is 120 Å². The molecule has 0 amide bonds. The highest BCUT2D eigenvalue weighted by Gasteiger charge is 2.51. The third kappa shape index (κ3) is 17.5. The number of aliphatic hydroxyl groups is 16. The van der Waals surface area contributed by atoms with Crippen LogP contribution in [-0.4, -0.2) is 231 Å². The Morgan fingerprint density at radius 2 is 0.633 bits per heavy atom. The SMILES string of the molecule is CCCCCc1cc(O[C@@H]2O[C@H](CO)[C@@H](O)[C@H](O)[C@H]2O)c([C@@H]2C[C@@H](C)CC[C@H]2C(C)C)c(O[C@@H]2O[C@H](CO)[C@@H](O)[C@H](O)[C@H]2O)c1.CCCCCc1cc(O[C@@H]2O[C@H](CO)[C@@H](O)[C@H](O)[C@H]2O)c([C@@H]2C[C@H](C)CC[C@H]2C(C)C)c(O[C@@H]2O[C@H](CO)[C@@H](O)[C@H](O)[C@H]2O)c1. The minimum Gasteiger partial charge on any atom is -0.462 e. The van der Waals surface area contributed by atoms with Gasteiger partial charge in [0.05, 0.1) is 26.4 Å². The van der Waals surface area contributed by atoms with Crippen LogP contribution in [0.5, 0.6) is 23.0 Å². The molecule has 24 heteroatoms. The molecule has 2 aromatic carbocycles. The van der Waals surface area contributed by atoms with E-state index < -0.39 is 149 Å². The molecule has 6 fully saturated rings. The molecule has 8 rings (SSSR count). The largest absolute Gasteiger partial charge is 0.462 e. The van der Waals surface area contributed by atoms with E-state index in [9.17, 15) is 81.7 Å². The summed E-state index contributed by atoms with van der Waals surface area (Å²) in [5, 5.41) is 166. The van der Waals surface area contributed by atoms with Gasteiger partial charge in [0.15, 0.2) is 0 Å². The standard InChI is InChI=1S/2C33H54O12/c2*1-5-6-7-8-18-12-21(42-32-30(40)28(38)26(36)23(14-34)44-32)25(20-11-17(4)9-10-19(20)16(2)3)22(13-18)43-33-31(41)29(39)27(37)24(15-35)45-33/h2*12-13,16-17,19-20,23-24,26-41H,5-11,14-15H2,1-4H3/t17-,19+,20-,23-,24-,26-,27-,28+,29+,30-,31-,32-,33-;17-,19-,20+,23+,24+,26+,27+,28-,29-,30+,31+,32+,33+/m10/s1. The summed E-state index contributed by atoms with van der Waals surface area (Å²) in [5.74, 6) is 2.85. The van der Waals surface area contributed by atoms with Gasteiger partial charge in [-0.2, -0.15) is 0 Å². The first-order valence-corrected chi connectivity index (χ1v) is 33.0. The van der Waals surface area contributed by atoms with Gasteiger partial charge in [0.2, 0.25) is 25.2 Å². The quantitative estimate of drug-likeness (QED) is 0.0667. The maximum atomic E-state index is 10.9. The van der Waals surface area contributed by atoms with Gasteiger partial charge in [-0.3, -0.25) is 0 Å². The zero-order chi connectivity index (χ0) is 66.0. The molecule has 2 saturated carbocycles. The summed E-state index contributed by atoms with van der Waals surface area (Å²) in [6.45, 7) is 14.8. The molecular formula is C66H108O24. The number of hydrogen-bond donors (Lipinski definition) is 16. The van der Waals surface area contributed by atoms with Crippen LogP contribution in [0.25, 0.3) is 0 Å². The van der Waals surface area contributed by atoms with Gasteiger partial charge in [0.1, 0.15) is 121 Å². The highest BCUT2D eigenvalue weighted by atomic mass is 16.7. The van der Waals surface area contributed by atoms with Crippen molar-refractivity contribution in [2.24, 2.45) is 35.5 Å². The Bertz CT molecular complexity index is 2180. The van der Waals surface area contributed by atoms with Crippen molar-refractivity contribution in [1.29, 1.82) is 0 Å². The van der Waals surface area contributed by atoms with E-state index in [4.69, 9.17) is 37.9 Å². The summed E-state index contributed by atoms with van der Waals surface area (Å²) in [4.78, 5) is 0. The third-order valence-electron chi connectivity index (χ3n) is 19.6. The second-order valence-corrected chi connectivity index (χ2v) is 27.1. The molecule has 4 aliphatic heterocycles. The molecule has 0 unspecified atom stereocenters. The monoisotopic (exact) mass is 1280 g/mol. The number of benzene rings is 2. The number of rotatable bonds is 24. The van der Waals surface area contributed by atoms with Crippen molar-refractivity contribution >= 4 is 0 Å². The minimum atomic E-state index is -1.62. The molecule has 0 bridgehead atoms. The first-order chi connectivity index (χ1) is 42.8. The molecular weight excluding hydrogens is 1180 g/mol. The van der Waals surface area contributed by atoms with Gasteiger partial charge in [0.25, 0.3) is 0 Å². The molecule has 516 valence electrons. The molecule has 26 atom stereocenters. The molecule has 6 aliphatic rings. The zero-order valence-electron chi connectivity index (χ0n) is 53.6. The van der Waals surface area contributed by atoms with Gasteiger partial charge >= 0.3 is 0 Å². The summed E-state index contributed by atoms with van der Waals surface area (Å²) in [6.07, 6.45) is -17.0. The fraction of sp³-hybridized carbons (Fsp3) is 0.818. The highest BCUT2D eigenvalue weighted by molar-refractivity contribution is 5.53. The van der Waals surface area contributed by atoms with E-state index in [1.165, 1.54) is 0 Å². The van der Waals surface area contributed by atoms with E-state index in [1.807, 2.05) is 24.3 Å². The number of hydrogen-bond acceptors (Lipinski definition) is 24. The smallest absolute Gasteiger partial charge is 0.229 e. The Morgan fingerprint density at radius 1 is 0.378 bits per heavy atom. The lowest BCUT2D eigenvalue weighted by Gasteiger charge is -2.43. The van der Waals surface area contributed by atoms with Crippen LogP contribution in [-0.2, 0) is 31.8 Å². The van der Waals surface area contributed by atoms with E-state index in [1.54, 1.807) is 0 Å². The van der Waals surface area contributed by atoms with Crippen LogP contribution < -0.4 is 18.9 Å². The molecule has 24 nitrogen and oxygen atoms in total. The first-order valence-electron chi connectivity index (χ1n) is 33.0. The lowest BCUT2D eigenvalue weighted by molar-refractivity contribution is -0.279. The van der Waals surface area contributed by atoms with Crippen LogP contribution in [0.15, 0.2) is 24.3 Å². The lowest BCUT2D eigenvalue weighted by atomic mass is 9.67. The molecule has 4 saturated heterocycles. The normalized spacial score (nSPS) is 39.2. The van der Waals surface area contributed by atoms with Crippen LogP contribution >= 0.6 is 0 Å². The highest BCUT2D eigenvalue weighted by Crippen LogP contribution is 2.53. The van der Waals surface area contributed by atoms with Crippen LogP contribution in [0, 0.1) is 35.5 Å². The second-order valence-electron chi connectivity index (χ2n) is 27.1. The minimum absolute atomic E-state index is 0.0989. The summed E-state index contributed by atoms with van der Waals surface area (Å²) in [6, 6.07) is 7.46. The summed E-state index contributed by atoms with van der Waals surface area (Å²) >= 11 is 0. The number of unbranched alkanes of at least 4 members (excludes halogenated alkanes) is 4. The molecule has 0 radical (unpaired) electrons. The van der Waals surface area contributed by atoms with Crippen LogP contribution in [0.2, 0.25) is 0 Å². The summed E-state index contributed by atoms with van der Waals surface area (Å²) in [7, 11) is 0. The Hall–Kier alpha value is -3.16. The second kappa shape index (κ2) is 34.0. The van der Waals surface area contributed by atoms with Gasteiger partial charge in [-0.05, 0) is 134 Å². The van der Waals surface area contributed by atoms with Crippen molar-refractivity contribution in [3.63, 3.8) is 0 Å². The van der Waals surface area contributed by atoms with E-state index in [0.717, 1.165) is 88.2 Å². The zero-order valence-corrected chi connectivity index (χ0v) is 53.6. The van der Waals surface area contributed by atoms with Crippen LogP contribution in [0.1, 0.15) is 167 Å². The van der Waals surface area contributed by atoms with E-state index in [2.05, 4.69) is 55.4 Å². The van der Waals surface area contributed by atoms with E-state index in [0.29, 0.717) is 58.8 Å². The number of aliphatic hydroxyl groups excluding tert-OH is 16. The number of aryl methyl sites for hydroxylation is 2. The molecule has 0 spiro atoms. The molecule has 2 aromatic rings. The summed E-state index contributed by atoms with van der Waals surface area (Å²) < 4.78 is 48.5. The Kier molecular flexibility index (Phi) is 28.0. The molecule has 16 N–H and O–H groups in total. The van der Waals surface area contributed by atoms with Gasteiger partial charge < -0.3 is 120 Å². The lowest BCUT2D eigenvalue weighted by Crippen LogP contribution is -2.60. The summed E-state index contributed by atoms with van der Waals surface area (Å²) in [5.41, 5.74) is 2.95. The maximum absolute atomic E-state index is 10.9. The fourth-order valence-corrected chi connectivity index (χ4v) is 14.1. The average Bonchev–Trinajstić information content (AvgIpc) is 0.799. The predicted molar refractivity (Wildman–Crippen MR) is 325 cm³/mol. The van der Waals surface area contributed by atoms with Crippen molar-refractivity contribution in [3.8, 4) is 23.0 Å². The Labute approximate surface area is 529 Å². The van der Waals surface area contributed by atoms with Crippen molar-refractivity contribution in [2.75, 3.05) is 26.4 Å². The molecule has 90 heavy (non-hydrogen) atoms. The van der Waals surface area contributed by atoms with Gasteiger partial charge in [-0.25, -0.2) is 0 Å². The van der Waals surface area contributed by atoms with Crippen molar-refractivity contribution in [1.82, 2.24) is 0 Å². The third-order valence-corrected chi connectivity index (χ3v) is 19.6. The fourth-order valence-electron chi connectivity index (χ4n) is 14.1. The molecule has 4 heterocycles. The van der Waals surface area contributed by atoms with E-state index >= 15 is 0 Å². The Morgan fingerprint density at radius 3 is 0.856 bits per heavy atom. The molecule has 0 aromatic heterocycles. The van der Waals surface area contributed by atoms with Crippen LogP contribution in [0.4, 0.5) is 0 Å². The van der Waals surface area contributed by atoms with Crippen LogP contribution in [0.3, 0.4) is 0 Å². The number of ether oxygens (including phenoxy) is 8. The van der Waals surface area contributed by atoms with Gasteiger partial charge in [-0.1, -0.05) is 93.9 Å². The van der Waals surface area contributed by atoms with E-state index in [-0.39, 0.29) is 35.5 Å². The van der Waals surface area contributed by atoms with Gasteiger partial charge in [0, 0.05) is 11.1 Å². The first kappa shape index (κ1) is 74.2. The topological polar surface area (TPSA) is 398 Å². The van der Waals surface area contributed by atoms with Gasteiger partial charge in [-0.15, -0.1) is 0 Å². The van der Waals surface area contributed by atoms with Crippen molar-refractivity contribution in [2.45, 2.75) is 280 Å².